The summed E-state index contributed by atoms with van der Waals surface area (Å²) in [6.45, 7) is 0. The third-order valence-electron chi connectivity index (χ3n) is 18.7. The van der Waals surface area contributed by atoms with Crippen LogP contribution in [0, 0.1) is 11.6 Å². The normalized spacial score (nSPS) is 10.4. The molecular weight excluding hydrogens is 1720 g/mol. The summed E-state index contributed by atoms with van der Waals surface area (Å²) in [5, 5.41) is 28.6. The number of para-hydroxylation sites is 3. The van der Waals surface area contributed by atoms with Crippen molar-refractivity contribution in [3.8, 4) is 28.4 Å². The van der Waals surface area contributed by atoms with Crippen LogP contribution < -0.4 is 89.2 Å². The Labute approximate surface area is 737 Å². The van der Waals surface area contributed by atoms with E-state index in [4.69, 9.17) is 26.0 Å². The van der Waals surface area contributed by atoms with Crippen molar-refractivity contribution >= 4 is 152 Å². The van der Waals surface area contributed by atoms with Gasteiger partial charge in [-0.15, -0.1) is 0 Å². The van der Waals surface area contributed by atoms with Crippen molar-refractivity contribution in [2.24, 2.45) is 0 Å². The van der Waals surface area contributed by atoms with Gasteiger partial charge in [-0.1, -0.05) is 406 Å². The van der Waals surface area contributed by atoms with Crippen molar-refractivity contribution in [1.29, 1.82) is 0 Å². The van der Waals surface area contributed by atoms with E-state index in [0.29, 0.717) is 24.8 Å². The molecule has 1 radical (unpaired) electrons. The van der Waals surface area contributed by atoms with Crippen LogP contribution in [-0.4, -0.2) is 26.9 Å². The van der Waals surface area contributed by atoms with Gasteiger partial charge in [0.15, 0.2) is 0 Å². The first kappa shape index (κ1) is 90.0. The number of fused-ring (bicyclic) bond motifs is 2. The van der Waals surface area contributed by atoms with Crippen molar-refractivity contribution in [1.82, 2.24) is 0 Å². The molecule has 15 heteroatoms. The third-order valence-corrected chi connectivity index (χ3v) is 29.1. The standard InChI is InChI=1S/4C18H15P.C17H14FNO.C11H8BrFO.C6H7BNO2.Pd/c4*1-4-10-16(11-5-1)19(17-12-6-2-7-13-17)18-14-8-3-9-15-18;1-20-17-10-11-6-7-13(18)8-12(11)9-15(17)14-4-2-3-5-16(14)19;1-14-11-6-7-2-3-9(13)4-8(7)5-10(11)12;8-5-3-1-2-4-6(5)10-7-9;/h4*1-15H;2-10H,19H2,1H3;2-6H,1H3;1-4,9H,8H2;. The average Bonchev–Trinajstić information content (AvgIpc) is 0.788. The molecule has 0 saturated carbocycles. The molecule has 0 aliphatic carbocycles. The maximum Gasteiger partial charge on any atom is 0.569 e. The van der Waals surface area contributed by atoms with Gasteiger partial charge < -0.3 is 30.6 Å². The number of benzene rings is 18. The zero-order valence-corrected chi connectivity index (χ0v) is 73.4. The maximum absolute atomic E-state index is 13.4. The summed E-state index contributed by atoms with van der Waals surface area (Å²) in [5.41, 5.74) is 14.4. The molecule has 0 spiro atoms. The van der Waals surface area contributed by atoms with E-state index in [-0.39, 0.29) is 32.1 Å². The SMILES string of the molecule is COc1cc2ccc(F)cc2cc1-c1ccccc1N.COc1cc2ccc(F)cc2cc1Br.Nc1ccccc1O[B]O.[Pd].c1ccc(P(c2ccccc2)c2ccccc2)cc1.c1ccc(P(c2ccccc2)c2ccccc2)cc1.c1ccc(P(c2ccccc2)c2ccccc2)cc1.c1ccc(P(c2ccccc2)c2ccccc2)cc1. The van der Waals surface area contributed by atoms with Crippen molar-refractivity contribution < 1.29 is 48.4 Å². The first-order valence-electron chi connectivity index (χ1n) is 38.9. The molecule has 121 heavy (non-hydrogen) atoms. The number of methoxy groups -OCH3 is 2. The summed E-state index contributed by atoms with van der Waals surface area (Å²) >= 11 is 3.35. The first-order chi connectivity index (χ1) is 59.0. The molecule has 18 aromatic carbocycles. The van der Waals surface area contributed by atoms with Crippen LogP contribution in [0.25, 0.3) is 32.7 Å². The number of halogens is 3. The molecule has 601 valence electrons. The Morgan fingerprint density at radius 2 is 0.479 bits per heavy atom. The van der Waals surface area contributed by atoms with Crippen LogP contribution in [0.2, 0.25) is 0 Å². The molecular formula is C106H89BBrF2N2O4P4Pd. The Balaban J connectivity index is 0.000000139. The largest absolute Gasteiger partial charge is 0.569 e. The van der Waals surface area contributed by atoms with E-state index in [1.54, 1.807) is 50.6 Å². The van der Waals surface area contributed by atoms with Gasteiger partial charge in [0.25, 0.3) is 0 Å². The molecule has 0 fully saturated rings. The van der Waals surface area contributed by atoms with Gasteiger partial charge in [0, 0.05) is 37.2 Å². The number of hydrogen-bond acceptors (Lipinski definition) is 6. The minimum absolute atomic E-state index is 0. The fourth-order valence-corrected chi connectivity index (χ4v) is 22.8. The Kier molecular flexibility index (Phi) is 36.1. The summed E-state index contributed by atoms with van der Waals surface area (Å²) < 4.78 is 42.3. The van der Waals surface area contributed by atoms with Crippen molar-refractivity contribution in [3.63, 3.8) is 0 Å². The molecule has 18 rings (SSSR count). The Bertz CT molecular complexity index is 5190. The van der Waals surface area contributed by atoms with E-state index in [9.17, 15) is 8.78 Å². The number of anilines is 2. The smallest absolute Gasteiger partial charge is 0.536 e. The van der Waals surface area contributed by atoms with Crippen LogP contribution in [-0.2, 0) is 20.4 Å². The summed E-state index contributed by atoms with van der Waals surface area (Å²) in [6, 6.07) is 161. The maximum atomic E-state index is 13.4. The Hall–Kier alpha value is -11.8. The molecule has 0 atom stereocenters. The fraction of sp³-hybridized carbons (Fsp3) is 0.0189. The molecule has 5 N–H and O–H groups in total. The number of ether oxygens (including phenoxy) is 2. The summed E-state index contributed by atoms with van der Waals surface area (Å²) in [5.74, 6) is 1.46. The van der Waals surface area contributed by atoms with Crippen molar-refractivity contribution in [3.05, 3.63) is 489 Å². The number of nitrogens with two attached hydrogens (primary N) is 2. The second kappa shape index (κ2) is 48.5. The van der Waals surface area contributed by atoms with Crippen LogP contribution in [0.4, 0.5) is 20.2 Å². The topological polar surface area (TPSA) is 100.0 Å². The van der Waals surface area contributed by atoms with Crippen molar-refractivity contribution in [2.75, 3.05) is 25.7 Å². The van der Waals surface area contributed by atoms with E-state index < -0.39 is 31.7 Å². The van der Waals surface area contributed by atoms with Crippen LogP contribution in [0.15, 0.2) is 478 Å². The Morgan fingerprint density at radius 3 is 0.727 bits per heavy atom. The van der Waals surface area contributed by atoms with Crippen LogP contribution >= 0.6 is 47.6 Å². The predicted octanol–water partition coefficient (Wildman–Crippen LogP) is 21.9. The molecule has 6 nitrogen and oxygen atoms in total. The second-order valence-corrected chi connectivity index (χ2v) is 36.5. The molecule has 0 aliphatic rings. The van der Waals surface area contributed by atoms with Gasteiger partial charge in [-0.3, -0.25) is 0 Å². The zero-order valence-electron chi connectivity index (χ0n) is 66.7. The molecule has 0 amide bonds. The Morgan fingerprint density at radius 1 is 0.248 bits per heavy atom. The first-order valence-corrected chi connectivity index (χ1v) is 45.0. The predicted molar refractivity (Wildman–Crippen MR) is 519 cm³/mol. The van der Waals surface area contributed by atoms with Gasteiger partial charge in [0.2, 0.25) is 0 Å². The van der Waals surface area contributed by atoms with E-state index in [1.165, 1.54) is 87.9 Å². The van der Waals surface area contributed by atoms with E-state index in [0.717, 1.165) is 48.6 Å². The fourth-order valence-electron chi connectivity index (χ4n) is 13.1. The number of hydrogen-bond donors (Lipinski definition) is 3. The van der Waals surface area contributed by atoms with E-state index in [2.05, 4.69) is 385 Å². The quantitative estimate of drug-likeness (QED) is 0.0477. The van der Waals surface area contributed by atoms with E-state index >= 15 is 0 Å². The minimum atomic E-state index is -0.446. The van der Waals surface area contributed by atoms with Gasteiger partial charge in [0.05, 0.1) is 24.4 Å². The molecule has 18 aromatic rings. The average molecular weight is 1810 g/mol. The van der Waals surface area contributed by atoms with Crippen LogP contribution in [0.5, 0.6) is 17.2 Å². The van der Waals surface area contributed by atoms with Gasteiger partial charge in [-0.2, -0.15) is 0 Å². The van der Waals surface area contributed by atoms with Gasteiger partial charge in [0.1, 0.15) is 28.9 Å². The van der Waals surface area contributed by atoms with Crippen LogP contribution in [0.1, 0.15) is 0 Å². The van der Waals surface area contributed by atoms with Crippen LogP contribution in [0.3, 0.4) is 0 Å². The van der Waals surface area contributed by atoms with E-state index in [1.807, 2.05) is 48.5 Å². The molecule has 0 heterocycles. The second-order valence-electron chi connectivity index (χ2n) is 26.7. The monoisotopic (exact) mass is 1810 g/mol. The summed E-state index contributed by atoms with van der Waals surface area (Å²) in [7, 11) is 2.04. The minimum Gasteiger partial charge on any atom is -0.536 e. The molecule has 0 aliphatic heterocycles. The van der Waals surface area contributed by atoms with Gasteiger partial charge in [-0.05, 0) is 200 Å². The molecule has 0 unspecified atom stereocenters. The third kappa shape index (κ3) is 26.4. The summed E-state index contributed by atoms with van der Waals surface area (Å²) in [6.07, 6.45) is 0. The molecule has 0 aromatic heterocycles. The molecule has 0 bridgehead atoms. The zero-order chi connectivity index (χ0) is 83.3. The van der Waals surface area contributed by atoms with Gasteiger partial charge in [-0.25, -0.2) is 8.78 Å². The van der Waals surface area contributed by atoms with Gasteiger partial charge >= 0.3 is 7.69 Å². The molecule has 0 saturated heterocycles. The number of rotatable bonds is 17. The number of nitrogen functional groups attached to an aromatic ring is 2. The summed E-state index contributed by atoms with van der Waals surface area (Å²) in [4.78, 5) is 0. The van der Waals surface area contributed by atoms with Crippen molar-refractivity contribution in [2.45, 2.75) is 0 Å².